The zero-order chi connectivity index (χ0) is 8.39. The van der Waals surface area contributed by atoms with Gasteiger partial charge in [0.1, 0.15) is 0 Å². The van der Waals surface area contributed by atoms with Crippen LogP contribution in [0.15, 0.2) is 48.8 Å². The SMILES string of the molecule is [CH2]c1cccc(-n2cccc2)c1. The van der Waals surface area contributed by atoms with Crippen molar-refractivity contribution in [2.24, 2.45) is 0 Å². The minimum absolute atomic E-state index is 1.04. The quantitative estimate of drug-likeness (QED) is 0.598. The van der Waals surface area contributed by atoms with E-state index < -0.39 is 0 Å². The Kier molecular flexibility index (Phi) is 1.71. The average Bonchev–Trinajstić information content (AvgIpc) is 2.56. The van der Waals surface area contributed by atoms with Gasteiger partial charge in [0, 0.05) is 18.1 Å². The van der Waals surface area contributed by atoms with Gasteiger partial charge in [-0.25, -0.2) is 0 Å². The lowest BCUT2D eigenvalue weighted by Gasteiger charge is -2.02. The molecule has 0 saturated carbocycles. The van der Waals surface area contributed by atoms with E-state index in [9.17, 15) is 0 Å². The van der Waals surface area contributed by atoms with Crippen LogP contribution in [0, 0.1) is 6.92 Å². The Morgan fingerprint density at radius 2 is 1.75 bits per heavy atom. The first-order chi connectivity index (χ1) is 5.86. The van der Waals surface area contributed by atoms with E-state index in [2.05, 4.69) is 23.6 Å². The predicted octanol–water partition coefficient (Wildman–Crippen LogP) is 2.66. The Labute approximate surface area is 72.3 Å². The lowest BCUT2D eigenvalue weighted by Crippen LogP contribution is -1.88. The maximum absolute atomic E-state index is 3.88. The molecule has 0 fully saturated rings. The van der Waals surface area contributed by atoms with Crippen molar-refractivity contribution in [3.05, 3.63) is 61.3 Å². The third-order valence-corrected chi connectivity index (χ3v) is 1.81. The van der Waals surface area contributed by atoms with Crippen molar-refractivity contribution in [3.63, 3.8) is 0 Å². The van der Waals surface area contributed by atoms with Crippen LogP contribution >= 0.6 is 0 Å². The molecule has 0 atom stereocenters. The van der Waals surface area contributed by atoms with Crippen LogP contribution < -0.4 is 0 Å². The van der Waals surface area contributed by atoms with Crippen LogP contribution in [-0.4, -0.2) is 4.57 Å². The van der Waals surface area contributed by atoms with Gasteiger partial charge < -0.3 is 4.57 Å². The van der Waals surface area contributed by atoms with Gasteiger partial charge in [0.15, 0.2) is 0 Å². The molecule has 2 aromatic rings. The van der Waals surface area contributed by atoms with Crippen molar-refractivity contribution >= 4 is 0 Å². The molecule has 0 unspecified atom stereocenters. The molecule has 0 aliphatic heterocycles. The normalized spacial score (nSPS) is 10.1. The van der Waals surface area contributed by atoms with Gasteiger partial charge in [-0.3, -0.25) is 0 Å². The fourth-order valence-electron chi connectivity index (χ4n) is 1.22. The van der Waals surface area contributed by atoms with E-state index in [1.807, 2.05) is 36.7 Å². The summed E-state index contributed by atoms with van der Waals surface area (Å²) < 4.78 is 2.06. The minimum Gasteiger partial charge on any atom is -0.324 e. The number of benzene rings is 1. The fraction of sp³-hybridized carbons (Fsp3) is 0. The second-order valence-corrected chi connectivity index (χ2v) is 2.76. The number of nitrogens with zero attached hydrogens (tertiary/aromatic N) is 1. The van der Waals surface area contributed by atoms with E-state index in [0.29, 0.717) is 0 Å². The standard InChI is InChI=1S/C11H10N/c1-10-5-4-6-11(9-10)12-7-2-3-8-12/h2-9H,1H2. The Morgan fingerprint density at radius 3 is 2.42 bits per heavy atom. The van der Waals surface area contributed by atoms with Crippen LogP contribution in [0.2, 0.25) is 0 Å². The molecule has 59 valence electrons. The molecule has 0 bridgehead atoms. The lowest BCUT2D eigenvalue weighted by molar-refractivity contribution is 1.08. The smallest absolute Gasteiger partial charge is 0.0452 e. The van der Waals surface area contributed by atoms with Crippen LogP contribution in [0.25, 0.3) is 5.69 Å². The first-order valence-corrected chi connectivity index (χ1v) is 3.91. The van der Waals surface area contributed by atoms with Crippen LogP contribution in [-0.2, 0) is 0 Å². The van der Waals surface area contributed by atoms with Crippen molar-refractivity contribution in [1.82, 2.24) is 4.57 Å². The number of aromatic nitrogens is 1. The van der Waals surface area contributed by atoms with Gasteiger partial charge in [0.05, 0.1) is 0 Å². The summed E-state index contributed by atoms with van der Waals surface area (Å²) in [5, 5.41) is 0. The van der Waals surface area contributed by atoms with Crippen LogP contribution in [0.4, 0.5) is 0 Å². The minimum atomic E-state index is 1.04. The summed E-state index contributed by atoms with van der Waals surface area (Å²) in [6.45, 7) is 3.88. The maximum atomic E-state index is 3.88. The molecule has 0 aliphatic carbocycles. The summed E-state index contributed by atoms with van der Waals surface area (Å²) in [6, 6.07) is 12.1. The zero-order valence-electron chi connectivity index (χ0n) is 6.77. The van der Waals surface area contributed by atoms with Gasteiger partial charge in [-0.05, 0) is 36.8 Å². The monoisotopic (exact) mass is 156 g/mol. The molecule has 1 radical (unpaired) electrons. The molecule has 1 heteroatoms. The average molecular weight is 156 g/mol. The zero-order valence-corrected chi connectivity index (χ0v) is 6.77. The van der Waals surface area contributed by atoms with Gasteiger partial charge in [0.2, 0.25) is 0 Å². The first kappa shape index (κ1) is 7.17. The molecular weight excluding hydrogens is 146 g/mol. The Hall–Kier alpha value is -1.50. The van der Waals surface area contributed by atoms with Crippen molar-refractivity contribution in [3.8, 4) is 5.69 Å². The number of rotatable bonds is 1. The van der Waals surface area contributed by atoms with Gasteiger partial charge in [-0.15, -0.1) is 0 Å². The molecule has 2 rings (SSSR count). The second-order valence-electron chi connectivity index (χ2n) is 2.76. The number of hydrogen-bond donors (Lipinski definition) is 0. The Bertz CT molecular complexity index is 360. The van der Waals surface area contributed by atoms with E-state index in [0.717, 1.165) is 11.3 Å². The summed E-state index contributed by atoms with van der Waals surface area (Å²) in [5.74, 6) is 0. The van der Waals surface area contributed by atoms with Crippen LogP contribution in [0.1, 0.15) is 5.56 Å². The van der Waals surface area contributed by atoms with Gasteiger partial charge in [0.25, 0.3) is 0 Å². The highest BCUT2D eigenvalue weighted by Crippen LogP contribution is 2.09. The largest absolute Gasteiger partial charge is 0.324 e. The van der Waals surface area contributed by atoms with Crippen LogP contribution in [0.3, 0.4) is 0 Å². The van der Waals surface area contributed by atoms with Gasteiger partial charge in [-0.1, -0.05) is 12.1 Å². The van der Waals surface area contributed by atoms with Crippen molar-refractivity contribution < 1.29 is 0 Å². The third-order valence-electron chi connectivity index (χ3n) is 1.81. The molecule has 1 aromatic carbocycles. The molecule has 0 amide bonds. The van der Waals surface area contributed by atoms with Crippen molar-refractivity contribution in [1.29, 1.82) is 0 Å². The second kappa shape index (κ2) is 2.86. The van der Waals surface area contributed by atoms with E-state index in [1.165, 1.54) is 0 Å². The summed E-state index contributed by atoms with van der Waals surface area (Å²) in [7, 11) is 0. The summed E-state index contributed by atoms with van der Waals surface area (Å²) in [4.78, 5) is 0. The maximum Gasteiger partial charge on any atom is 0.0452 e. The van der Waals surface area contributed by atoms with E-state index in [-0.39, 0.29) is 0 Å². The molecule has 0 N–H and O–H groups in total. The molecule has 12 heavy (non-hydrogen) atoms. The summed E-state index contributed by atoms with van der Waals surface area (Å²) in [6.07, 6.45) is 4.05. The van der Waals surface area contributed by atoms with Crippen molar-refractivity contribution in [2.45, 2.75) is 0 Å². The van der Waals surface area contributed by atoms with Gasteiger partial charge in [-0.2, -0.15) is 0 Å². The predicted molar refractivity (Wildman–Crippen MR) is 50.2 cm³/mol. The molecule has 1 heterocycles. The molecule has 1 nitrogen and oxygen atoms in total. The molecule has 1 aromatic heterocycles. The number of hydrogen-bond acceptors (Lipinski definition) is 0. The van der Waals surface area contributed by atoms with Crippen LogP contribution in [0.5, 0.6) is 0 Å². The van der Waals surface area contributed by atoms with E-state index in [1.54, 1.807) is 0 Å². The Morgan fingerprint density at radius 1 is 1.00 bits per heavy atom. The topological polar surface area (TPSA) is 4.93 Å². The molecule has 0 aliphatic rings. The highest BCUT2D eigenvalue weighted by Gasteiger charge is 1.92. The molecular formula is C11H10N. The lowest BCUT2D eigenvalue weighted by atomic mass is 10.2. The summed E-state index contributed by atoms with van der Waals surface area (Å²) >= 11 is 0. The molecule has 0 spiro atoms. The fourth-order valence-corrected chi connectivity index (χ4v) is 1.22. The van der Waals surface area contributed by atoms with Gasteiger partial charge >= 0.3 is 0 Å². The summed E-state index contributed by atoms with van der Waals surface area (Å²) in [5.41, 5.74) is 2.20. The first-order valence-electron chi connectivity index (χ1n) is 3.91. The highest BCUT2D eigenvalue weighted by atomic mass is 14.9. The van der Waals surface area contributed by atoms with E-state index in [4.69, 9.17) is 0 Å². The highest BCUT2D eigenvalue weighted by molar-refractivity contribution is 5.37. The van der Waals surface area contributed by atoms with Crippen molar-refractivity contribution in [2.75, 3.05) is 0 Å². The molecule has 0 saturated heterocycles. The van der Waals surface area contributed by atoms with E-state index >= 15 is 0 Å². The Balaban J connectivity index is 2.48. The third kappa shape index (κ3) is 1.26.